The van der Waals surface area contributed by atoms with Crippen molar-refractivity contribution in [2.24, 2.45) is 0 Å². The molecule has 182 valence electrons. The molecule has 4 saturated heterocycles. The Kier molecular flexibility index (Phi) is 7.39. The van der Waals surface area contributed by atoms with Crippen LogP contribution in [0, 0.1) is 0 Å². The van der Waals surface area contributed by atoms with Crippen LogP contribution in [0.3, 0.4) is 0 Å². The molecule has 4 rings (SSSR count). The Hall–Kier alpha value is -2.38. The van der Waals surface area contributed by atoms with E-state index in [0.29, 0.717) is 0 Å². The van der Waals surface area contributed by atoms with Gasteiger partial charge >= 0.3 is 17.9 Å². The molecule has 0 spiro atoms. The molecule has 0 bridgehead atoms. The Labute approximate surface area is 189 Å². The molecule has 0 radical (unpaired) electrons. The number of esters is 3. The van der Waals surface area contributed by atoms with Gasteiger partial charge in [-0.2, -0.15) is 0 Å². The molecule has 4 fully saturated rings. The maximum atomic E-state index is 12.2. The summed E-state index contributed by atoms with van der Waals surface area (Å²) in [5.41, 5.74) is 0. The second-order valence-corrected chi connectivity index (χ2v) is 8.24. The average molecular weight is 470 g/mol. The third kappa shape index (κ3) is 5.58. The molecule has 1 N–H and O–H groups in total. The number of carbonyl (C=O) groups excluding carboxylic acids is 4. The number of hydrogen-bond acceptors (Lipinski definition) is 12. The summed E-state index contributed by atoms with van der Waals surface area (Å²) in [5, 5.41) is 9.72. The Morgan fingerprint density at radius 3 is 1.73 bits per heavy atom. The minimum absolute atomic E-state index is 0.0605. The van der Waals surface area contributed by atoms with E-state index in [4.69, 9.17) is 33.2 Å². The fraction of sp³-hybridized carbons (Fsp3) is 0.714. The molecule has 4 aliphatic heterocycles. The summed E-state index contributed by atoms with van der Waals surface area (Å²) in [6, 6.07) is 0. The lowest BCUT2D eigenvalue weighted by Crippen LogP contribution is -2.36. The molecular formula is C21H26O12. The molecule has 33 heavy (non-hydrogen) atoms. The number of hydrogen-bond donors (Lipinski definition) is 1. The standard InChI is InChI=1S/C21H26O12/c1-10(22)2-3-15(24)32-13-8-29-21-14(9-30-20(13)21)33-17(26)5-4-16(25)31-12-7-28-18-11(23)6-27-19(12)18/h2-3,11-14,18-21,23H,4-9H2,1H3/t11-,12+,13+,14-,18-,19-,20-,21-/m1/s1. The van der Waals surface area contributed by atoms with Gasteiger partial charge in [0.15, 0.2) is 24.1 Å². The van der Waals surface area contributed by atoms with E-state index in [2.05, 4.69) is 0 Å². The van der Waals surface area contributed by atoms with Crippen LogP contribution < -0.4 is 0 Å². The SMILES string of the molecule is CC(=O)C=CC(=O)O[C@H]1CO[C@H]2[C@@H]1OC[C@H]2OC(=O)CCC(=O)O[C@H]1CO[C@H]2[C@@H]1OC[C@H]2O. The van der Waals surface area contributed by atoms with Crippen molar-refractivity contribution in [2.75, 3.05) is 26.4 Å². The van der Waals surface area contributed by atoms with Crippen molar-refractivity contribution in [1.82, 2.24) is 0 Å². The molecule has 4 aliphatic rings. The average Bonchev–Trinajstić information content (AvgIpc) is 3.52. The van der Waals surface area contributed by atoms with E-state index >= 15 is 0 Å². The van der Waals surface area contributed by atoms with Crippen LogP contribution in [0.25, 0.3) is 0 Å². The summed E-state index contributed by atoms with van der Waals surface area (Å²) < 4.78 is 37.9. The lowest BCUT2D eigenvalue weighted by molar-refractivity contribution is -0.160. The molecule has 0 saturated carbocycles. The molecular weight excluding hydrogens is 444 g/mol. The van der Waals surface area contributed by atoms with Gasteiger partial charge < -0.3 is 38.3 Å². The summed E-state index contributed by atoms with van der Waals surface area (Å²) >= 11 is 0. The summed E-state index contributed by atoms with van der Waals surface area (Å²) in [6.07, 6.45) is -3.26. The second kappa shape index (κ2) is 10.3. The molecule has 12 heteroatoms. The predicted octanol–water partition coefficient (Wildman–Crippen LogP) is -1.40. The summed E-state index contributed by atoms with van der Waals surface area (Å²) in [5.74, 6) is -2.21. The summed E-state index contributed by atoms with van der Waals surface area (Å²) in [4.78, 5) is 47.0. The number of aliphatic hydroxyl groups is 1. The van der Waals surface area contributed by atoms with E-state index in [1.165, 1.54) is 6.92 Å². The van der Waals surface area contributed by atoms with E-state index in [1.54, 1.807) is 0 Å². The number of rotatable bonds is 8. The first kappa shape index (κ1) is 23.8. The van der Waals surface area contributed by atoms with Gasteiger partial charge in [-0.25, -0.2) is 4.79 Å². The monoisotopic (exact) mass is 470 g/mol. The smallest absolute Gasteiger partial charge is 0.331 e. The lowest BCUT2D eigenvalue weighted by atomic mass is 10.1. The van der Waals surface area contributed by atoms with Crippen LogP contribution in [0.2, 0.25) is 0 Å². The normalized spacial score (nSPS) is 37.0. The van der Waals surface area contributed by atoms with Crippen molar-refractivity contribution in [2.45, 2.75) is 68.6 Å². The van der Waals surface area contributed by atoms with E-state index in [0.717, 1.165) is 12.2 Å². The highest BCUT2D eigenvalue weighted by molar-refractivity contribution is 5.94. The van der Waals surface area contributed by atoms with E-state index in [1.807, 2.05) is 0 Å². The first-order valence-electron chi connectivity index (χ1n) is 10.7. The van der Waals surface area contributed by atoms with Crippen LogP contribution in [-0.2, 0) is 52.3 Å². The van der Waals surface area contributed by atoms with Crippen molar-refractivity contribution in [3.63, 3.8) is 0 Å². The van der Waals surface area contributed by atoms with E-state index in [-0.39, 0.29) is 45.1 Å². The van der Waals surface area contributed by atoms with Crippen LogP contribution in [0.15, 0.2) is 12.2 Å². The first-order chi connectivity index (χ1) is 15.8. The number of ketones is 1. The van der Waals surface area contributed by atoms with Gasteiger partial charge in [0.25, 0.3) is 0 Å². The maximum Gasteiger partial charge on any atom is 0.331 e. The first-order valence-corrected chi connectivity index (χ1v) is 10.7. The highest BCUT2D eigenvalue weighted by atomic mass is 16.7. The molecule has 0 unspecified atom stereocenters. The van der Waals surface area contributed by atoms with Crippen molar-refractivity contribution < 1.29 is 57.4 Å². The van der Waals surface area contributed by atoms with Gasteiger partial charge in [0.05, 0.1) is 39.3 Å². The largest absolute Gasteiger partial charge is 0.457 e. The van der Waals surface area contributed by atoms with Crippen LogP contribution in [0.4, 0.5) is 0 Å². The summed E-state index contributed by atoms with van der Waals surface area (Å²) in [7, 11) is 0. The zero-order chi connectivity index (χ0) is 23.5. The van der Waals surface area contributed by atoms with Gasteiger partial charge in [-0.1, -0.05) is 0 Å². The van der Waals surface area contributed by atoms with Gasteiger partial charge in [-0.05, 0) is 13.0 Å². The lowest BCUT2D eigenvalue weighted by Gasteiger charge is -2.18. The maximum absolute atomic E-state index is 12.2. The minimum Gasteiger partial charge on any atom is -0.457 e. The summed E-state index contributed by atoms with van der Waals surface area (Å²) in [6.45, 7) is 1.69. The number of carbonyl (C=O) groups is 4. The van der Waals surface area contributed by atoms with Gasteiger partial charge in [0.1, 0.15) is 30.5 Å². The quantitative estimate of drug-likeness (QED) is 0.252. The zero-order valence-corrected chi connectivity index (χ0v) is 18.0. The molecule has 0 aromatic heterocycles. The Balaban J connectivity index is 1.17. The molecule has 0 aliphatic carbocycles. The van der Waals surface area contributed by atoms with Crippen molar-refractivity contribution in [1.29, 1.82) is 0 Å². The molecule has 0 aromatic rings. The topological polar surface area (TPSA) is 153 Å². The number of ether oxygens (including phenoxy) is 7. The highest BCUT2D eigenvalue weighted by Gasteiger charge is 2.51. The fourth-order valence-corrected chi connectivity index (χ4v) is 4.21. The molecule has 0 amide bonds. The third-order valence-corrected chi connectivity index (χ3v) is 5.76. The van der Waals surface area contributed by atoms with Gasteiger partial charge in [0.2, 0.25) is 0 Å². The molecule has 8 atom stereocenters. The Bertz CT molecular complexity index is 809. The van der Waals surface area contributed by atoms with Crippen molar-refractivity contribution in [3.8, 4) is 0 Å². The van der Waals surface area contributed by atoms with Crippen LogP contribution >= 0.6 is 0 Å². The fourth-order valence-electron chi connectivity index (χ4n) is 4.21. The third-order valence-electron chi connectivity index (χ3n) is 5.76. The number of fused-ring (bicyclic) bond motifs is 2. The zero-order valence-electron chi connectivity index (χ0n) is 18.0. The number of aliphatic hydroxyl groups excluding tert-OH is 1. The van der Waals surface area contributed by atoms with Crippen LogP contribution in [0.5, 0.6) is 0 Å². The van der Waals surface area contributed by atoms with Crippen LogP contribution in [-0.4, -0.2) is 104 Å². The van der Waals surface area contributed by atoms with E-state index in [9.17, 15) is 24.3 Å². The predicted molar refractivity (Wildman–Crippen MR) is 104 cm³/mol. The van der Waals surface area contributed by atoms with Crippen molar-refractivity contribution >= 4 is 23.7 Å². The Morgan fingerprint density at radius 1 is 0.727 bits per heavy atom. The minimum atomic E-state index is -0.746. The van der Waals surface area contributed by atoms with Crippen LogP contribution in [0.1, 0.15) is 19.8 Å². The Morgan fingerprint density at radius 2 is 1.18 bits per heavy atom. The number of allylic oxidation sites excluding steroid dienone is 1. The molecule has 12 nitrogen and oxygen atoms in total. The van der Waals surface area contributed by atoms with Crippen molar-refractivity contribution in [3.05, 3.63) is 12.2 Å². The van der Waals surface area contributed by atoms with E-state index < -0.39 is 66.7 Å². The van der Waals surface area contributed by atoms with Gasteiger partial charge in [-0.15, -0.1) is 0 Å². The van der Waals surface area contributed by atoms with Gasteiger partial charge in [-0.3, -0.25) is 14.4 Å². The molecule has 4 heterocycles. The highest BCUT2D eigenvalue weighted by Crippen LogP contribution is 2.31. The van der Waals surface area contributed by atoms with Gasteiger partial charge in [0, 0.05) is 6.08 Å². The molecule has 0 aromatic carbocycles. The second-order valence-electron chi connectivity index (χ2n) is 8.24.